The maximum atomic E-state index is 12.5. The Morgan fingerprint density at radius 1 is 1.50 bits per heavy atom. The van der Waals surface area contributed by atoms with Crippen molar-refractivity contribution in [1.29, 1.82) is 0 Å². The lowest BCUT2D eigenvalue weighted by molar-refractivity contribution is -0.152. The van der Waals surface area contributed by atoms with Gasteiger partial charge in [0.2, 0.25) is 5.91 Å². The molecule has 0 aromatic carbocycles. The molecule has 0 fully saturated rings. The lowest BCUT2D eigenvalue weighted by Gasteiger charge is -2.37. The highest BCUT2D eigenvalue weighted by Crippen LogP contribution is 2.34. The molecule has 1 aromatic heterocycles. The first-order valence-electron chi connectivity index (χ1n) is 6.58. The molecule has 110 valence electrons. The molecule has 0 radical (unpaired) electrons. The highest BCUT2D eigenvalue weighted by molar-refractivity contribution is 7.10. The molecule has 5 nitrogen and oxygen atoms in total. The number of nitrogens with two attached hydrogens (primary N) is 1. The number of carboxylic acids is 1. The normalized spacial score (nSPS) is 20.4. The molecular formula is C14H20N2O3S. The van der Waals surface area contributed by atoms with E-state index in [1.54, 1.807) is 17.4 Å². The van der Waals surface area contributed by atoms with Crippen LogP contribution >= 0.6 is 11.3 Å². The Kier molecular flexibility index (Phi) is 3.88. The zero-order chi connectivity index (χ0) is 15.1. The van der Waals surface area contributed by atoms with Gasteiger partial charge in [-0.2, -0.15) is 0 Å². The number of carboxylic acid groups (broad SMARTS) is 1. The predicted octanol–water partition coefficient (Wildman–Crippen LogP) is 1.63. The van der Waals surface area contributed by atoms with E-state index in [1.807, 2.05) is 26.2 Å². The standard InChI is InChI=1S/C14H20N2O3S/c1-14(2,3)11(15)12(17)16-6-4-9-8(5-7-20-9)10(16)13(18)19/h5,7,10-11H,4,6,15H2,1-3H3,(H,18,19)/t10?,11-/m1/s1. The molecule has 1 aliphatic rings. The van der Waals surface area contributed by atoms with Gasteiger partial charge in [0.15, 0.2) is 6.04 Å². The first-order chi connectivity index (χ1) is 9.23. The number of hydrogen-bond acceptors (Lipinski definition) is 4. The van der Waals surface area contributed by atoms with Crippen molar-refractivity contribution in [3.8, 4) is 0 Å². The van der Waals surface area contributed by atoms with Crippen molar-refractivity contribution in [2.75, 3.05) is 6.54 Å². The smallest absolute Gasteiger partial charge is 0.331 e. The zero-order valence-corrected chi connectivity index (χ0v) is 12.7. The number of carbonyl (C=O) groups is 2. The molecule has 1 aromatic rings. The SMILES string of the molecule is CC(C)(C)[C@H](N)C(=O)N1CCc2sccc2C1C(=O)O. The Balaban J connectivity index is 2.33. The molecule has 1 aliphatic heterocycles. The fourth-order valence-electron chi connectivity index (χ4n) is 2.37. The Bertz CT molecular complexity index is 533. The third-order valence-corrected chi connectivity index (χ3v) is 4.68. The maximum absolute atomic E-state index is 12.5. The van der Waals surface area contributed by atoms with E-state index in [1.165, 1.54) is 4.90 Å². The molecule has 20 heavy (non-hydrogen) atoms. The minimum atomic E-state index is -1.00. The Morgan fingerprint density at radius 2 is 2.15 bits per heavy atom. The molecule has 0 saturated heterocycles. The number of thiophene rings is 1. The van der Waals surface area contributed by atoms with E-state index < -0.39 is 23.5 Å². The Morgan fingerprint density at radius 3 is 2.70 bits per heavy atom. The van der Waals surface area contributed by atoms with Crippen LogP contribution in [0, 0.1) is 5.41 Å². The van der Waals surface area contributed by atoms with Crippen molar-refractivity contribution in [3.63, 3.8) is 0 Å². The van der Waals surface area contributed by atoms with Crippen LogP contribution in [0.15, 0.2) is 11.4 Å². The quantitative estimate of drug-likeness (QED) is 0.869. The fourth-order valence-corrected chi connectivity index (χ4v) is 3.27. The van der Waals surface area contributed by atoms with Crippen molar-refractivity contribution in [1.82, 2.24) is 4.90 Å². The summed E-state index contributed by atoms with van der Waals surface area (Å²) in [5, 5.41) is 11.4. The van der Waals surface area contributed by atoms with E-state index in [-0.39, 0.29) is 5.91 Å². The van der Waals surface area contributed by atoms with Gasteiger partial charge in [0.05, 0.1) is 6.04 Å². The largest absolute Gasteiger partial charge is 0.479 e. The fraction of sp³-hybridized carbons (Fsp3) is 0.571. The summed E-state index contributed by atoms with van der Waals surface area (Å²) in [4.78, 5) is 26.6. The van der Waals surface area contributed by atoms with E-state index in [2.05, 4.69) is 0 Å². The van der Waals surface area contributed by atoms with Gasteiger partial charge in [0.25, 0.3) is 0 Å². The van der Waals surface area contributed by atoms with Gasteiger partial charge in [-0.25, -0.2) is 4.79 Å². The summed E-state index contributed by atoms with van der Waals surface area (Å²) in [7, 11) is 0. The molecular weight excluding hydrogens is 276 g/mol. The predicted molar refractivity (Wildman–Crippen MR) is 77.5 cm³/mol. The van der Waals surface area contributed by atoms with Gasteiger partial charge in [0, 0.05) is 11.4 Å². The van der Waals surface area contributed by atoms with Gasteiger partial charge in [0.1, 0.15) is 0 Å². The van der Waals surface area contributed by atoms with Crippen LogP contribution in [0.5, 0.6) is 0 Å². The van der Waals surface area contributed by atoms with Gasteiger partial charge in [-0.05, 0) is 28.8 Å². The van der Waals surface area contributed by atoms with E-state index in [0.29, 0.717) is 13.0 Å². The van der Waals surface area contributed by atoms with Gasteiger partial charge in [-0.15, -0.1) is 11.3 Å². The summed E-state index contributed by atoms with van der Waals surface area (Å²) in [6.45, 7) is 6.05. The molecule has 1 unspecified atom stereocenters. The number of rotatable bonds is 2. The summed E-state index contributed by atoms with van der Waals surface area (Å²) < 4.78 is 0. The highest BCUT2D eigenvalue weighted by Gasteiger charge is 2.40. The molecule has 0 aliphatic carbocycles. The number of nitrogens with zero attached hydrogens (tertiary/aromatic N) is 1. The van der Waals surface area contributed by atoms with Crippen LogP contribution in [-0.4, -0.2) is 34.5 Å². The molecule has 6 heteroatoms. The summed E-state index contributed by atoms with van der Waals surface area (Å²) in [6, 6.07) is 0.177. The number of fused-ring (bicyclic) bond motifs is 1. The van der Waals surface area contributed by atoms with Crippen molar-refractivity contribution in [3.05, 3.63) is 21.9 Å². The van der Waals surface area contributed by atoms with E-state index in [4.69, 9.17) is 5.73 Å². The number of aliphatic carboxylic acids is 1. The van der Waals surface area contributed by atoms with Crippen LogP contribution < -0.4 is 5.73 Å². The van der Waals surface area contributed by atoms with Crippen LogP contribution in [0.1, 0.15) is 37.3 Å². The lowest BCUT2D eigenvalue weighted by atomic mass is 9.85. The molecule has 1 amide bonds. The highest BCUT2D eigenvalue weighted by atomic mass is 32.1. The molecule has 2 rings (SSSR count). The van der Waals surface area contributed by atoms with Crippen LogP contribution in [0.4, 0.5) is 0 Å². The van der Waals surface area contributed by atoms with Crippen molar-refractivity contribution >= 4 is 23.2 Å². The second-order valence-corrected chi connectivity index (χ2v) is 7.17. The topological polar surface area (TPSA) is 83.6 Å². The van der Waals surface area contributed by atoms with E-state index in [9.17, 15) is 14.7 Å². The molecule has 2 atom stereocenters. The number of carbonyl (C=O) groups excluding carboxylic acids is 1. The van der Waals surface area contributed by atoms with Crippen molar-refractivity contribution in [2.45, 2.75) is 39.3 Å². The summed E-state index contributed by atoms with van der Waals surface area (Å²) in [5.74, 6) is -1.29. The Hall–Kier alpha value is -1.40. The summed E-state index contributed by atoms with van der Waals surface area (Å²) >= 11 is 1.54. The van der Waals surface area contributed by atoms with Crippen LogP contribution in [0.3, 0.4) is 0 Å². The molecule has 3 N–H and O–H groups in total. The van der Waals surface area contributed by atoms with Crippen molar-refractivity contribution in [2.24, 2.45) is 11.1 Å². The zero-order valence-electron chi connectivity index (χ0n) is 11.9. The molecule has 0 spiro atoms. The van der Waals surface area contributed by atoms with E-state index >= 15 is 0 Å². The summed E-state index contributed by atoms with van der Waals surface area (Å²) in [6.07, 6.45) is 0.694. The second-order valence-electron chi connectivity index (χ2n) is 6.17. The minimum Gasteiger partial charge on any atom is -0.479 e. The summed E-state index contributed by atoms with van der Waals surface area (Å²) in [5.41, 5.74) is 6.33. The third kappa shape index (κ3) is 2.58. The first-order valence-corrected chi connectivity index (χ1v) is 7.46. The van der Waals surface area contributed by atoms with Gasteiger partial charge < -0.3 is 15.7 Å². The molecule has 0 bridgehead atoms. The van der Waals surface area contributed by atoms with Crippen LogP contribution in [-0.2, 0) is 16.0 Å². The Labute approximate surface area is 122 Å². The van der Waals surface area contributed by atoms with Crippen LogP contribution in [0.2, 0.25) is 0 Å². The minimum absolute atomic E-state index is 0.290. The number of hydrogen-bond donors (Lipinski definition) is 2. The first kappa shape index (κ1) is 15.0. The maximum Gasteiger partial charge on any atom is 0.331 e. The number of amides is 1. The van der Waals surface area contributed by atoms with Gasteiger partial charge in [-0.3, -0.25) is 4.79 Å². The van der Waals surface area contributed by atoms with Gasteiger partial charge in [-0.1, -0.05) is 20.8 Å². The molecule has 2 heterocycles. The average Bonchev–Trinajstić information content (AvgIpc) is 2.82. The third-order valence-electron chi connectivity index (χ3n) is 3.68. The average molecular weight is 296 g/mol. The lowest BCUT2D eigenvalue weighted by Crippen LogP contribution is -2.54. The van der Waals surface area contributed by atoms with Crippen molar-refractivity contribution < 1.29 is 14.7 Å². The molecule has 0 saturated carbocycles. The second kappa shape index (κ2) is 5.18. The van der Waals surface area contributed by atoms with E-state index in [0.717, 1.165) is 10.4 Å². The van der Waals surface area contributed by atoms with Gasteiger partial charge >= 0.3 is 5.97 Å². The van der Waals surface area contributed by atoms with Crippen LogP contribution in [0.25, 0.3) is 0 Å². The monoisotopic (exact) mass is 296 g/mol.